The Labute approximate surface area is 153 Å². The highest BCUT2D eigenvalue weighted by molar-refractivity contribution is 6.10. The summed E-state index contributed by atoms with van der Waals surface area (Å²) in [4.78, 5) is 18.2. The number of quaternary nitrogens is 1. The Hall–Kier alpha value is -2.43. The van der Waals surface area contributed by atoms with E-state index in [-0.39, 0.29) is 24.0 Å². The van der Waals surface area contributed by atoms with E-state index in [4.69, 9.17) is 4.74 Å². The number of hydrogen-bond donors (Lipinski definition) is 2. The molecule has 3 aromatic rings. The molecular weight excluding hydrogens is 324 g/mol. The van der Waals surface area contributed by atoms with Crippen LogP contribution in [0.2, 0.25) is 0 Å². The van der Waals surface area contributed by atoms with Crippen molar-refractivity contribution in [1.29, 1.82) is 0 Å². The first-order valence-corrected chi connectivity index (χ1v) is 9.29. The summed E-state index contributed by atoms with van der Waals surface area (Å²) in [6.07, 6.45) is 2.15. The smallest absolute Gasteiger partial charge is 0.226 e. The third-order valence-electron chi connectivity index (χ3n) is 5.22. The molecule has 1 fully saturated rings. The fourth-order valence-electron chi connectivity index (χ4n) is 4.20. The topological polar surface area (TPSA) is 46.5 Å². The van der Waals surface area contributed by atoms with Gasteiger partial charge in [0.05, 0.1) is 0 Å². The summed E-state index contributed by atoms with van der Waals surface area (Å²) in [7, 11) is 0. The minimum absolute atomic E-state index is 0.149. The van der Waals surface area contributed by atoms with Crippen LogP contribution in [-0.4, -0.2) is 36.1 Å². The van der Waals surface area contributed by atoms with Gasteiger partial charge in [0.1, 0.15) is 25.3 Å². The molecule has 4 heteroatoms. The molecule has 1 unspecified atom stereocenters. The molecule has 4 atom stereocenters. The Bertz CT molecular complexity index is 893. The van der Waals surface area contributed by atoms with E-state index in [0.29, 0.717) is 0 Å². The highest BCUT2D eigenvalue weighted by Gasteiger charge is 2.38. The highest BCUT2D eigenvalue weighted by atomic mass is 16.5. The molecule has 0 aliphatic carbocycles. The van der Waals surface area contributed by atoms with Crippen LogP contribution in [0.3, 0.4) is 0 Å². The molecular formula is C22H25N2O2+. The van der Waals surface area contributed by atoms with Gasteiger partial charge in [-0.2, -0.15) is 0 Å². The number of carbonyl (C=O) groups is 1. The first kappa shape index (κ1) is 17.0. The van der Waals surface area contributed by atoms with E-state index < -0.39 is 0 Å². The summed E-state index contributed by atoms with van der Waals surface area (Å²) < 4.78 is 5.90. The van der Waals surface area contributed by atoms with Gasteiger partial charge in [0.25, 0.3) is 0 Å². The molecule has 2 heterocycles. The molecule has 0 saturated carbocycles. The normalized spacial score (nSPS) is 24.5. The summed E-state index contributed by atoms with van der Waals surface area (Å²) in [6, 6.07) is 17.9. The molecule has 0 spiro atoms. The quantitative estimate of drug-likeness (QED) is 0.712. The van der Waals surface area contributed by atoms with E-state index in [1.54, 1.807) is 0 Å². The maximum absolute atomic E-state index is 13.7. The van der Waals surface area contributed by atoms with Crippen molar-refractivity contribution in [3.63, 3.8) is 0 Å². The minimum atomic E-state index is -0.218. The Morgan fingerprint density at radius 1 is 1.04 bits per heavy atom. The molecule has 2 aromatic carbocycles. The number of Topliss-reactive ketones (excluding diaryl/α,β-unsaturated/α-hetero) is 1. The summed E-state index contributed by atoms with van der Waals surface area (Å²) >= 11 is 0. The van der Waals surface area contributed by atoms with Gasteiger partial charge in [-0.1, -0.05) is 48.5 Å². The van der Waals surface area contributed by atoms with Gasteiger partial charge in [0.2, 0.25) is 5.78 Å². The van der Waals surface area contributed by atoms with Crippen LogP contribution < -0.4 is 4.90 Å². The van der Waals surface area contributed by atoms with E-state index in [2.05, 4.69) is 31.0 Å². The number of rotatable bonds is 4. The van der Waals surface area contributed by atoms with Crippen molar-refractivity contribution in [3.05, 3.63) is 71.9 Å². The number of fused-ring (bicyclic) bond motifs is 1. The Kier molecular flexibility index (Phi) is 4.62. The van der Waals surface area contributed by atoms with Crippen molar-refractivity contribution in [2.45, 2.75) is 32.1 Å². The first-order valence-electron chi connectivity index (χ1n) is 9.29. The maximum atomic E-state index is 13.7. The van der Waals surface area contributed by atoms with Crippen LogP contribution in [0.15, 0.2) is 60.8 Å². The molecule has 1 saturated heterocycles. The Morgan fingerprint density at radius 3 is 2.42 bits per heavy atom. The van der Waals surface area contributed by atoms with Crippen LogP contribution in [0.1, 0.15) is 35.8 Å². The van der Waals surface area contributed by atoms with Gasteiger partial charge in [-0.05, 0) is 19.9 Å². The number of carbonyl (C=O) groups excluding carboxylic acids is 1. The van der Waals surface area contributed by atoms with Gasteiger partial charge in [-0.3, -0.25) is 4.79 Å². The van der Waals surface area contributed by atoms with Crippen LogP contribution in [-0.2, 0) is 4.74 Å². The molecule has 2 N–H and O–H groups in total. The molecule has 0 amide bonds. The SMILES string of the molecule is C[C@@H]1C[NH+]([C@H](C(=O)c2c[nH]c3ccccc23)c2ccccc2)C[C@H](C)O1. The van der Waals surface area contributed by atoms with Crippen molar-refractivity contribution >= 4 is 16.7 Å². The van der Waals surface area contributed by atoms with E-state index in [1.807, 2.05) is 48.7 Å². The van der Waals surface area contributed by atoms with Gasteiger partial charge in [0, 0.05) is 28.2 Å². The molecule has 4 nitrogen and oxygen atoms in total. The van der Waals surface area contributed by atoms with E-state index in [1.165, 1.54) is 4.90 Å². The molecule has 1 aliphatic rings. The minimum Gasteiger partial charge on any atom is -0.364 e. The average Bonchev–Trinajstić information content (AvgIpc) is 3.06. The zero-order chi connectivity index (χ0) is 18.1. The number of aromatic amines is 1. The van der Waals surface area contributed by atoms with Crippen LogP contribution in [0.25, 0.3) is 10.9 Å². The number of ether oxygens (including phenoxy) is 1. The molecule has 4 rings (SSSR count). The van der Waals surface area contributed by atoms with Gasteiger partial charge >= 0.3 is 0 Å². The van der Waals surface area contributed by atoms with Crippen LogP contribution in [0.5, 0.6) is 0 Å². The third kappa shape index (κ3) is 3.18. The second-order valence-electron chi connectivity index (χ2n) is 7.28. The van der Waals surface area contributed by atoms with Crippen molar-refractivity contribution in [3.8, 4) is 0 Å². The van der Waals surface area contributed by atoms with E-state index in [0.717, 1.165) is 35.1 Å². The second kappa shape index (κ2) is 7.06. The lowest BCUT2D eigenvalue weighted by molar-refractivity contribution is -0.935. The zero-order valence-corrected chi connectivity index (χ0v) is 15.2. The molecule has 0 bridgehead atoms. The van der Waals surface area contributed by atoms with Crippen molar-refractivity contribution in [2.75, 3.05) is 13.1 Å². The fraction of sp³-hybridized carbons (Fsp3) is 0.318. The van der Waals surface area contributed by atoms with Crippen LogP contribution in [0, 0.1) is 0 Å². The van der Waals surface area contributed by atoms with Crippen molar-refractivity contribution < 1.29 is 14.4 Å². The largest absolute Gasteiger partial charge is 0.364 e. The van der Waals surface area contributed by atoms with E-state index >= 15 is 0 Å². The number of H-pyrrole nitrogens is 1. The Balaban J connectivity index is 1.76. The number of para-hydroxylation sites is 1. The lowest BCUT2D eigenvalue weighted by Crippen LogP contribution is -3.16. The van der Waals surface area contributed by atoms with Gasteiger partial charge < -0.3 is 14.6 Å². The average molecular weight is 349 g/mol. The van der Waals surface area contributed by atoms with Crippen LogP contribution in [0.4, 0.5) is 0 Å². The zero-order valence-electron chi connectivity index (χ0n) is 15.2. The van der Waals surface area contributed by atoms with Crippen molar-refractivity contribution in [2.24, 2.45) is 0 Å². The van der Waals surface area contributed by atoms with Gasteiger partial charge in [-0.25, -0.2) is 0 Å². The summed E-state index contributed by atoms with van der Waals surface area (Å²) in [5.41, 5.74) is 2.84. The lowest BCUT2D eigenvalue weighted by atomic mass is 9.94. The molecule has 0 radical (unpaired) electrons. The standard InChI is InChI=1S/C22H24N2O2/c1-15-13-24(14-16(2)26-15)21(17-8-4-3-5-9-17)22(25)19-12-23-20-11-7-6-10-18(19)20/h3-12,15-16,21,23H,13-14H2,1-2H3/p+1/t15-,16+,21-/m0/s1. The Morgan fingerprint density at radius 2 is 1.69 bits per heavy atom. The molecule has 1 aliphatic heterocycles. The number of ketones is 1. The van der Waals surface area contributed by atoms with E-state index in [9.17, 15) is 4.79 Å². The van der Waals surface area contributed by atoms with Crippen LogP contribution >= 0.6 is 0 Å². The summed E-state index contributed by atoms with van der Waals surface area (Å²) in [5, 5.41) is 0.993. The molecule has 1 aromatic heterocycles. The monoisotopic (exact) mass is 349 g/mol. The first-order chi connectivity index (χ1) is 12.6. The second-order valence-corrected chi connectivity index (χ2v) is 7.28. The maximum Gasteiger partial charge on any atom is 0.226 e. The van der Waals surface area contributed by atoms with Gasteiger partial charge in [-0.15, -0.1) is 0 Å². The number of nitrogens with one attached hydrogen (secondary N) is 2. The van der Waals surface area contributed by atoms with Crippen molar-refractivity contribution in [1.82, 2.24) is 4.98 Å². The molecule has 26 heavy (non-hydrogen) atoms. The summed E-state index contributed by atoms with van der Waals surface area (Å²) in [6.45, 7) is 5.84. The lowest BCUT2D eigenvalue weighted by Gasteiger charge is -2.36. The third-order valence-corrected chi connectivity index (χ3v) is 5.22. The fourth-order valence-corrected chi connectivity index (χ4v) is 4.20. The van der Waals surface area contributed by atoms with Gasteiger partial charge in [0.15, 0.2) is 6.04 Å². The number of morpholine rings is 1. The predicted molar refractivity (Wildman–Crippen MR) is 103 cm³/mol. The number of aromatic nitrogens is 1. The summed E-state index contributed by atoms with van der Waals surface area (Å²) in [5.74, 6) is 0.171. The number of benzene rings is 2. The predicted octanol–water partition coefficient (Wildman–Crippen LogP) is 2.78. The highest BCUT2D eigenvalue weighted by Crippen LogP contribution is 2.23. The molecule has 134 valence electrons. The number of hydrogen-bond acceptors (Lipinski definition) is 2.